The minimum atomic E-state index is -4.54. The lowest BCUT2D eigenvalue weighted by Crippen LogP contribution is -2.30. The summed E-state index contributed by atoms with van der Waals surface area (Å²) in [6, 6.07) is 2.66. The first-order chi connectivity index (χ1) is 10.2. The molecule has 9 heteroatoms. The number of carbonyl (C=O) groups is 2. The Bertz CT molecular complexity index is 534. The number of halogens is 3. The molecular weight excluding hydrogens is 305 g/mol. The molecule has 0 fully saturated rings. The van der Waals surface area contributed by atoms with Crippen molar-refractivity contribution in [1.82, 2.24) is 10.3 Å². The molecular formula is C13H15F3N2O4. The average molecular weight is 320 g/mol. The van der Waals surface area contributed by atoms with Crippen LogP contribution in [0.2, 0.25) is 0 Å². The fourth-order valence-electron chi connectivity index (χ4n) is 1.56. The lowest BCUT2D eigenvalue weighted by Gasteiger charge is -2.13. The molecule has 1 aromatic rings. The first kappa shape index (κ1) is 17.7. The van der Waals surface area contributed by atoms with Crippen molar-refractivity contribution in [1.29, 1.82) is 0 Å². The van der Waals surface area contributed by atoms with Crippen LogP contribution < -0.4 is 10.1 Å². The van der Waals surface area contributed by atoms with Gasteiger partial charge in [0.25, 0.3) is 5.91 Å². The standard InChI is InChI=1S/C13H15F3N2O4/c1-8(5-10(19)20)6-18-11(21)9-3-2-4-17-12(9)22-7-13(14,15)16/h2-4,8H,5-7H2,1H3,(H,18,21)(H,19,20). The van der Waals surface area contributed by atoms with Gasteiger partial charge in [-0.1, -0.05) is 6.92 Å². The molecule has 0 radical (unpaired) electrons. The summed E-state index contributed by atoms with van der Waals surface area (Å²) in [5.41, 5.74) is -0.144. The molecule has 0 spiro atoms. The number of amides is 1. The van der Waals surface area contributed by atoms with E-state index in [1.54, 1.807) is 6.92 Å². The van der Waals surface area contributed by atoms with E-state index in [-0.39, 0.29) is 24.4 Å². The smallest absolute Gasteiger partial charge is 0.422 e. The number of carboxylic acid groups (broad SMARTS) is 1. The van der Waals surface area contributed by atoms with E-state index in [4.69, 9.17) is 5.11 Å². The number of nitrogens with zero attached hydrogens (tertiary/aromatic N) is 1. The van der Waals surface area contributed by atoms with Gasteiger partial charge in [0.1, 0.15) is 5.56 Å². The molecule has 0 aliphatic rings. The number of aliphatic carboxylic acids is 1. The summed E-state index contributed by atoms with van der Waals surface area (Å²) in [6.45, 7) is 0.136. The van der Waals surface area contributed by atoms with Crippen LogP contribution in [-0.4, -0.2) is 41.3 Å². The van der Waals surface area contributed by atoms with Gasteiger partial charge in [-0.15, -0.1) is 0 Å². The number of nitrogens with one attached hydrogen (secondary N) is 1. The Kier molecular flexibility index (Phi) is 6.14. The second-order valence-corrected chi connectivity index (χ2v) is 4.67. The maximum absolute atomic E-state index is 12.1. The van der Waals surface area contributed by atoms with Crippen molar-refractivity contribution < 1.29 is 32.6 Å². The first-order valence-corrected chi connectivity index (χ1v) is 6.33. The Morgan fingerprint density at radius 1 is 1.45 bits per heavy atom. The molecule has 1 unspecified atom stereocenters. The zero-order valence-electron chi connectivity index (χ0n) is 11.7. The Labute approximate surface area is 124 Å². The van der Waals surface area contributed by atoms with Crippen LogP contribution in [0.1, 0.15) is 23.7 Å². The summed E-state index contributed by atoms with van der Waals surface area (Å²) in [5, 5.41) is 11.0. The van der Waals surface area contributed by atoms with Crippen molar-refractivity contribution in [3.8, 4) is 5.88 Å². The summed E-state index contributed by atoms with van der Waals surface area (Å²) in [4.78, 5) is 26.0. The molecule has 0 saturated heterocycles. The summed E-state index contributed by atoms with van der Waals surface area (Å²) in [6.07, 6.45) is -3.47. The molecule has 1 amide bonds. The zero-order valence-corrected chi connectivity index (χ0v) is 11.7. The normalized spacial score (nSPS) is 12.5. The van der Waals surface area contributed by atoms with Crippen LogP contribution in [0.3, 0.4) is 0 Å². The van der Waals surface area contributed by atoms with E-state index in [0.29, 0.717) is 0 Å². The van der Waals surface area contributed by atoms with E-state index in [0.717, 1.165) is 0 Å². The largest absolute Gasteiger partial charge is 0.481 e. The van der Waals surface area contributed by atoms with E-state index >= 15 is 0 Å². The van der Waals surface area contributed by atoms with Crippen LogP contribution in [0.25, 0.3) is 0 Å². The number of rotatable bonds is 7. The summed E-state index contributed by atoms with van der Waals surface area (Å²) in [7, 11) is 0. The lowest BCUT2D eigenvalue weighted by molar-refractivity contribution is -0.154. The molecule has 0 bridgehead atoms. The Balaban J connectivity index is 2.67. The van der Waals surface area contributed by atoms with Gasteiger partial charge in [0.05, 0.1) is 0 Å². The molecule has 1 heterocycles. The van der Waals surface area contributed by atoms with Gasteiger partial charge in [-0.05, 0) is 18.1 Å². The molecule has 1 aromatic heterocycles. The lowest BCUT2D eigenvalue weighted by atomic mass is 10.1. The van der Waals surface area contributed by atoms with Crippen LogP contribution in [0.5, 0.6) is 5.88 Å². The van der Waals surface area contributed by atoms with Crippen LogP contribution in [-0.2, 0) is 4.79 Å². The Morgan fingerprint density at radius 2 is 2.14 bits per heavy atom. The molecule has 0 saturated carbocycles. The van der Waals surface area contributed by atoms with Crippen LogP contribution in [0.4, 0.5) is 13.2 Å². The van der Waals surface area contributed by atoms with Gasteiger partial charge in [-0.3, -0.25) is 9.59 Å². The zero-order chi connectivity index (χ0) is 16.8. The number of hydrogen-bond acceptors (Lipinski definition) is 4. The van der Waals surface area contributed by atoms with Gasteiger partial charge in [0, 0.05) is 19.2 Å². The fraction of sp³-hybridized carbons (Fsp3) is 0.462. The number of hydrogen-bond donors (Lipinski definition) is 2. The number of carbonyl (C=O) groups excluding carboxylic acids is 1. The fourth-order valence-corrected chi connectivity index (χ4v) is 1.56. The number of pyridine rings is 1. The maximum Gasteiger partial charge on any atom is 0.422 e. The van der Waals surface area contributed by atoms with Gasteiger partial charge in [0.15, 0.2) is 6.61 Å². The van der Waals surface area contributed by atoms with Crippen molar-refractivity contribution in [2.45, 2.75) is 19.5 Å². The molecule has 1 atom stereocenters. The monoisotopic (exact) mass is 320 g/mol. The maximum atomic E-state index is 12.1. The second-order valence-electron chi connectivity index (χ2n) is 4.67. The summed E-state index contributed by atoms with van der Waals surface area (Å²) < 4.78 is 40.9. The Morgan fingerprint density at radius 3 is 2.73 bits per heavy atom. The summed E-state index contributed by atoms with van der Waals surface area (Å²) >= 11 is 0. The third kappa shape index (κ3) is 6.42. The Hall–Kier alpha value is -2.32. The number of carboxylic acids is 1. The predicted octanol–water partition coefficient (Wildman–Crippen LogP) is 1.86. The first-order valence-electron chi connectivity index (χ1n) is 6.33. The van der Waals surface area contributed by atoms with Gasteiger partial charge in [-0.25, -0.2) is 4.98 Å². The van der Waals surface area contributed by atoms with Crippen molar-refractivity contribution in [2.24, 2.45) is 5.92 Å². The average Bonchev–Trinajstić information content (AvgIpc) is 2.41. The third-order valence-electron chi connectivity index (χ3n) is 2.52. The molecule has 122 valence electrons. The summed E-state index contributed by atoms with van der Waals surface area (Å²) in [5.74, 6) is -2.43. The van der Waals surface area contributed by atoms with Crippen molar-refractivity contribution in [2.75, 3.05) is 13.2 Å². The van der Waals surface area contributed by atoms with E-state index in [9.17, 15) is 22.8 Å². The molecule has 2 N–H and O–H groups in total. The van der Waals surface area contributed by atoms with E-state index in [1.165, 1.54) is 18.3 Å². The van der Waals surface area contributed by atoms with Crippen molar-refractivity contribution >= 4 is 11.9 Å². The van der Waals surface area contributed by atoms with Gasteiger partial charge in [-0.2, -0.15) is 13.2 Å². The van der Waals surface area contributed by atoms with E-state index in [2.05, 4.69) is 15.0 Å². The second kappa shape index (κ2) is 7.62. The predicted molar refractivity (Wildman–Crippen MR) is 69.5 cm³/mol. The van der Waals surface area contributed by atoms with Gasteiger partial charge in [0.2, 0.25) is 5.88 Å². The van der Waals surface area contributed by atoms with Crippen molar-refractivity contribution in [3.05, 3.63) is 23.9 Å². The number of alkyl halides is 3. The molecule has 0 aliphatic carbocycles. The van der Waals surface area contributed by atoms with Gasteiger partial charge < -0.3 is 15.2 Å². The van der Waals surface area contributed by atoms with E-state index < -0.39 is 30.5 Å². The number of ether oxygens (including phenoxy) is 1. The third-order valence-corrected chi connectivity index (χ3v) is 2.52. The minimum absolute atomic E-state index is 0.0682. The van der Waals surface area contributed by atoms with Crippen LogP contribution in [0, 0.1) is 5.92 Å². The molecule has 0 aromatic carbocycles. The highest BCUT2D eigenvalue weighted by molar-refractivity contribution is 5.96. The van der Waals surface area contributed by atoms with E-state index in [1.807, 2.05) is 0 Å². The SMILES string of the molecule is CC(CNC(=O)c1cccnc1OCC(F)(F)F)CC(=O)O. The number of aromatic nitrogens is 1. The van der Waals surface area contributed by atoms with Crippen LogP contribution in [0.15, 0.2) is 18.3 Å². The van der Waals surface area contributed by atoms with Crippen molar-refractivity contribution in [3.63, 3.8) is 0 Å². The topological polar surface area (TPSA) is 88.5 Å². The highest BCUT2D eigenvalue weighted by Gasteiger charge is 2.29. The van der Waals surface area contributed by atoms with Crippen LogP contribution >= 0.6 is 0 Å². The molecule has 1 rings (SSSR count). The highest BCUT2D eigenvalue weighted by atomic mass is 19.4. The highest BCUT2D eigenvalue weighted by Crippen LogP contribution is 2.20. The minimum Gasteiger partial charge on any atom is -0.481 e. The molecule has 22 heavy (non-hydrogen) atoms. The van der Waals surface area contributed by atoms with Gasteiger partial charge >= 0.3 is 12.1 Å². The molecule has 6 nitrogen and oxygen atoms in total. The molecule has 0 aliphatic heterocycles. The quantitative estimate of drug-likeness (QED) is 0.800.